The van der Waals surface area contributed by atoms with Gasteiger partial charge in [-0.3, -0.25) is 19.3 Å². The molecule has 0 bridgehead atoms. The number of nitrogens with zero attached hydrogens (tertiary/aromatic N) is 2. The van der Waals surface area contributed by atoms with Crippen molar-refractivity contribution in [3.05, 3.63) is 73.6 Å². The molecule has 0 saturated carbocycles. The van der Waals surface area contributed by atoms with E-state index in [1.807, 2.05) is 6.92 Å². The predicted octanol–water partition coefficient (Wildman–Crippen LogP) is 4.82. The van der Waals surface area contributed by atoms with Crippen LogP contribution in [0.2, 0.25) is 10.0 Å². The zero-order valence-corrected chi connectivity index (χ0v) is 18.6. The van der Waals surface area contributed by atoms with E-state index in [0.717, 1.165) is 17.7 Å². The van der Waals surface area contributed by atoms with Gasteiger partial charge in [0.05, 0.1) is 45.4 Å². The lowest BCUT2D eigenvalue weighted by Crippen LogP contribution is -2.33. The molecule has 3 aromatic rings. The predicted molar refractivity (Wildman–Crippen MR) is 120 cm³/mol. The number of pyridine rings is 1. The zero-order chi connectivity index (χ0) is 22.3. The number of carbonyl (C=O) groups excluding carboxylic acids is 2. The van der Waals surface area contributed by atoms with Gasteiger partial charge in [-0.25, -0.2) is 0 Å². The fraction of sp³-hybridized carbons (Fsp3) is 0.261. The second kappa shape index (κ2) is 8.36. The Hall–Kier alpha value is -2.83. The summed E-state index contributed by atoms with van der Waals surface area (Å²) < 4.78 is 7.47. The third-order valence-corrected chi connectivity index (χ3v) is 6.16. The Morgan fingerprint density at radius 3 is 2.10 bits per heavy atom. The minimum Gasteiger partial charge on any atom is -0.491 e. The number of fused-ring (bicyclic) bond motifs is 2. The standard InChI is InChI=1S/C23H20Cl2N2O4/c1-3-4-9-31-20-15-10-17(24)18(25)11-16(15)21(28)26(2)19(20)12-27-22(29)13-7-5-6-8-14(13)23(27)30/h5-8,10-11H,3-4,9,12H2,1-2H3. The molecule has 0 atom stereocenters. The molecule has 0 unspecified atom stereocenters. The van der Waals surface area contributed by atoms with Crippen molar-refractivity contribution < 1.29 is 14.3 Å². The topological polar surface area (TPSA) is 68.6 Å². The summed E-state index contributed by atoms with van der Waals surface area (Å²) in [5, 5.41) is 1.41. The second-order valence-electron chi connectivity index (χ2n) is 7.40. The third-order valence-electron chi connectivity index (χ3n) is 5.44. The molecule has 0 aliphatic carbocycles. The molecule has 0 N–H and O–H groups in total. The van der Waals surface area contributed by atoms with Gasteiger partial charge < -0.3 is 9.30 Å². The number of hydrogen-bond acceptors (Lipinski definition) is 4. The molecular weight excluding hydrogens is 439 g/mol. The smallest absolute Gasteiger partial charge is 0.261 e. The van der Waals surface area contributed by atoms with Crippen LogP contribution < -0.4 is 10.3 Å². The fourth-order valence-electron chi connectivity index (χ4n) is 3.71. The van der Waals surface area contributed by atoms with Gasteiger partial charge in [0.2, 0.25) is 0 Å². The van der Waals surface area contributed by atoms with E-state index in [-0.39, 0.29) is 22.1 Å². The van der Waals surface area contributed by atoms with Crippen molar-refractivity contribution in [1.29, 1.82) is 0 Å². The number of ether oxygens (including phenoxy) is 1. The summed E-state index contributed by atoms with van der Waals surface area (Å²) in [6, 6.07) is 9.77. The summed E-state index contributed by atoms with van der Waals surface area (Å²) in [6.45, 7) is 2.35. The molecule has 2 heterocycles. The maximum Gasteiger partial charge on any atom is 0.261 e. The van der Waals surface area contributed by atoms with Crippen molar-refractivity contribution in [3.63, 3.8) is 0 Å². The third kappa shape index (κ3) is 3.60. The first-order chi connectivity index (χ1) is 14.8. The Morgan fingerprint density at radius 2 is 1.52 bits per heavy atom. The Bertz CT molecular complexity index is 1250. The van der Waals surface area contributed by atoms with Crippen molar-refractivity contribution in [2.24, 2.45) is 7.05 Å². The molecule has 1 aliphatic rings. The number of halogens is 2. The molecule has 4 rings (SSSR count). The van der Waals surface area contributed by atoms with E-state index in [2.05, 4.69) is 0 Å². The molecule has 6 nitrogen and oxygen atoms in total. The lowest BCUT2D eigenvalue weighted by atomic mass is 10.1. The average Bonchev–Trinajstić information content (AvgIpc) is 3.00. The normalized spacial score (nSPS) is 13.2. The minimum atomic E-state index is -0.401. The summed E-state index contributed by atoms with van der Waals surface area (Å²) in [4.78, 5) is 40.0. The number of benzene rings is 2. The summed E-state index contributed by atoms with van der Waals surface area (Å²) >= 11 is 12.4. The molecule has 160 valence electrons. The lowest BCUT2D eigenvalue weighted by molar-refractivity contribution is 0.0637. The van der Waals surface area contributed by atoms with E-state index in [4.69, 9.17) is 27.9 Å². The van der Waals surface area contributed by atoms with Gasteiger partial charge in [0, 0.05) is 12.4 Å². The lowest BCUT2D eigenvalue weighted by Gasteiger charge is -2.21. The molecule has 2 aromatic carbocycles. The van der Waals surface area contributed by atoms with E-state index in [9.17, 15) is 14.4 Å². The van der Waals surface area contributed by atoms with Crippen molar-refractivity contribution in [2.75, 3.05) is 6.61 Å². The highest BCUT2D eigenvalue weighted by atomic mass is 35.5. The molecule has 1 aliphatic heterocycles. The highest BCUT2D eigenvalue weighted by molar-refractivity contribution is 6.42. The largest absolute Gasteiger partial charge is 0.491 e. The van der Waals surface area contributed by atoms with E-state index < -0.39 is 11.8 Å². The Kier molecular flexibility index (Phi) is 5.77. The van der Waals surface area contributed by atoms with E-state index in [0.29, 0.717) is 39.9 Å². The van der Waals surface area contributed by atoms with Crippen molar-refractivity contribution in [2.45, 2.75) is 26.3 Å². The van der Waals surface area contributed by atoms with Crippen molar-refractivity contribution in [3.8, 4) is 5.75 Å². The second-order valence-corrected chi connectivity index (χ2v) is 8.21. The minimum absolute atomic E-state index is 0.101. The fourth-order valence-corrected chi connectivity index (χ4v) is 4.04. The number of carbonyl (C=O) groups is 2. The van der Waals surface area contributed by atoms with Gasteiger partial charge in [-0.05, 0) is 30.7 Å². The van der Waals surface area contributed by atoms with Crippen LogP contribution in [-0.2, 0) is 13.6 Å². The van der Waals surface area contributed by atoms with Crippen LogP contribution in [0.1, 0.15) is 46.2 Å². The van der Waals surface area contributed by atoms with Crippen LogP contribution in [-0.4, -0.2) is 27.9 Å². The number of hydrogen-bond donors (Lipinski definition) is 0. The Morgan fingerprint density at radius 1 is 0.935 bits per heavy atom. The van der Waals surface area contributed by atoms with Crippen LogP contribution in [0.15, 0.2) is 41.2 Å². The van der Waals surface area contributed by atoms with Crippen LogP contribution in [0.25, 0.3) is 10.8 Å². The number of rotatable bonds is 6. The van der Waals surface area contributed by atoms with Crippen LogP contribution in [0, 0.1) is 0 Å². The Labute approximate surface area is 188 Å². The van der Waals surface area contributed by atoms with Gasteiger partial charge in [0.1, 0.15) is 5.75 Å². The van der Waals surface area contributed by atoms with Gasteiger partial charge in [-0.1, -0.05) is 48.7 Å². The first-order valence-electron chi connectivity index (χ1n) is 9.93. The average molecular weight is 459 g/mol. The van der Waals surface area contributed by atoms with E-state index >= 15 is 0 Å². The number of amides is 2. The molecule has 2 amide bonds. The quantitative estimate of drug-likeness (QED) is 0.392. The first-order valence-corrected chi connectivity index (χ1v) is 10.7. The number of unbranched alkanes of at least 4 members (excludes halogenated alkanes) is 1. The molecular formula is C23H20Cl2N2O4. The molecule has 1 aromatic heterocycles. The van der Waals surface area contributed by atoms with Crippen molar-refractivity contribution >= 4 is 45.8 Å². The summed E-state index contributed by atoms with van der Waals surface area (Å²) in [5.74, 6) is -0.385. The van der Waals surface area contributed by atoms with Gasteiger partial charge in [0.25, 0.3) is 17.4 Å². The van der Waals surface area contributed by atoms with Gasteiger partial charge in [-0.2, -0.15) is 0 Å². The number of aromatic nitrogens is 1. The van der Waals surface area contributed by atoms with Crippen LogP contribution in [0.5, 0.6) is 5.75 Å². The molecule has 0 saturated heterocycles. The molecule has 0 fully saturated rings. The summed E-state index contributed by atoms with van der Waals surface area (Å²) in [6.07, 6.45) is 1.72. The molecule has 31 heavy (non-hydrogen) atoms. The van der Waals surface area contributed by atoms with Crippen LogP contribution in [0.3, 0.4) is 0 Å². The highest BCUT2D eigenvalue weighted by Gasteiger charge is 2.36. The summed E-state index contributed by atoms with van der Waals surface area (Å²) in [5.41, 5.74) is 0.799. The van der Waals surface area contributed by atoms with Crippen molar-refractivity contribution in [1.82, 2.24) is 9.47 Å². The first kappa shape index (κ1) is 21.4. The molecule has 0 radical (unpaired) electrons. The molecule has 0 spiro atoms. The van der Waals surface area contributed by atoms with E-state index in [1.165, 1.54) is 10.6 Å². The number of imide groups is 1. The van der Waals surface area contributed by atoms with Crippen LogP contribution in [0.4, 0.5) is 0 Å². The molecule has 8 heteroatoms. The summed E-state index contributed by atoms with van der Waals surface area (Å²) in [7, 11) is 1.59. The van der Waals surface area contributed by atoms with Crippen LogP contribution >= 0.6 is 23.2 Å². The van der Waals surface area contributed by atoms with Gasteiger partial charge in [-0.15, -0.1) is 0 Å². The SMILES string of the molecule is CCCCOc1c(CN2C(=O)c3ccccc3C2=O)n(C)c(=O)c2cc(Cl)c(Cl)cc12. The van der Waals surface area contributed by atoms with Gasteiger partial charge >= 0.3 is 0 Å². The zero-order valence-electron chi connectivity index (χ0n) is 17.1. The van der Waals surface area contributed by atoms with Gasteiger partial charge in [0.15, 0.2) is 0 Å². The van der Waals surface area contributed by atoms with E-state index in [1.54, 1.807) is 37.4 Å². The monoisotopic (exact) mass is 458 g/mol. The maximum atomic E-state index is 13.1. The highest BCUT2D eigenvalue weighted by Crippen LogP contribution is 2.35. The maximum absolute atomic E-state index is 13.1. The Balaban J connectivity index is 1.87.